The van der Waals surface area contributed by atoms with Gasteiger partial charge in [0.2, 0.25) is 0 Å². The Balaban J connectivity index is 0.00000300. The van der Waals surface area contributed by atoms with Crippen molar-refractivity contribution in [3.8, 4) is 11.5 Å². The average Bonchev–Trinajstić information content (AvgIpc) is 3.09. The zero-order chi connectivity index (χ0) is 19.9. The molecule has 3 rings (SSSR count). The minimum Gasteiger partial charge on any atom is -0.457 e. The highest BCUT2D eigenvalue weighted by molar-refractivity contribution is 14.0. The number of benzene rings is 2. The Bertz CT molecular complexity index is 926. The predicted molar refractivity (Wildman–Crippen MR) is 128 cm³/mol. The molecule has 29 heavy (non-hydrogen) atoms. The number of nitrogens with two attached hydrogens (primary N) is 1. The second kappa shape index (κ2) is 10.8. The second-order valence-corrected chi connectivity index (χ2v) is 6.72. The van der Waals surface area contributed by atoms with Crippen LogP contribution < -0.4 is 15.8 Å². The number of hydrogen-bond acceptors (Lipinski definition) is 4. The molecule has 154 valence electrons. The van der Waals surface area contributed by atoms with E-state index in [0.29, 0.717) is 12.5 Å². The van der Waals surface area contributed by atoms with Gasteiger partial charge in [0.1, 0.15) is 11.5 Å². The largest absolute Gasteiger partial charge is 0.457 e. The van der Waals surface area contributed by atoms with E-state index in [0.717, 1.165) is 22.7 Å². The molecule has 3 aromatic rings. The zero-order valence-electron chi connectivity index (χ0n) is 16.8. The minimum atomic E-state index is 0. The van der Waals surface area contributed by atoms with Crippen LogP contribution in [0, 0.1) is 0 Å². The Kier molecular flexibility index (Phi) is 8.47. The molecule has 0 saturated heterocycles. The van der Waals surface area contributed by atoms with Crippen LogP contribution in [0.2, 0.25) is 0 Å². The number of nitrogens with one attached hydrogen (secondary N) is 1. The molecular formula is C21H27IN6O. The van der Waals surface area contributed by atoms with Crippen LogP contribution in [0.3, 0.4) is 0 Å². The first-order valence-electron chi connectivity index (χ1n) is 9.06. The molecule has 1 atom stereocenters. The van der Waals surface area contributed by atoms with Crippen LogP contribution in [-0.2, 0) is 7.05 Å². The summed E-state index contributed by atoms with van der Waals surface area (Å²) in [6, 6.07) is 17.4. The van der Waals surface area contributed by atoms with Gasteiger partial charge in [-0.3, -0.25) is 9.67 Å². The molecule has 0 aliphatic carbocycles. The van der Waals surface area contributed by atoms with Crippen molar-refractivity contribution >= 4 is 35.6 Å². The van der Waals surface area contributed by atoms with E-state index in [1.54, 1.807) is 4.68 Å². The standard InChI is InChI=1S/C21H26N6O.HI/c1-26(2)20(16-13-24-27(3)15-16)14-23-21(22)25-17-8-7-11-19(12-17)28-18-9-5-4-6-10-18;/h4-13,15,20H,14H2,1-3H3,(H3,22,23,25);1H. The van der Waals surface area contributed by atoms with Crippen molar-refractivity contribution in [3.63, 3.8) is 0 Å². The van der Waals surface area contributed by atoms with Crippen LogP contribution in [0.1, 0.15) is 11.6 Å². The van der Waals surface area contributed by atoms with Crippen molar-refractivity contribution in [2.45, 2.75) is 6.04 Å². The number of aliphatic imine (C=N–C) groups is 1. The molecule has 0 amide bonds. The lowest BCUT2D eigenvalue weighted by Gasteiger charge is -2.21. The van der Waals surface area contributed by atoms with Gasteiger partial charge < -0.3 is 20.7 Å². The van der Waals surface area contributed by atoms with Gasteiger partial charge in [0.15, 0.2) is 5.96 Å². The molecule has 0 aliphatic heterocycles. The number of anilines is 1. The molecule has 7 nitrogen and oxygen atoms in total. The maximum atomic E-state index is 6.10. The summed E-state index contributed by atoms with van der Waals surface area (Å²) in [4.78, 5) is 6.60. The quantitative estimate of drug-likeness (QED) is 0.289. The SMILES string of the molecule is CN(C)C(CN=C(N)Nc1cccc(Oc2ccccc2)c1)c1cnn(C)c1.I. The van der Waals surface area contributed by atoms with Crippen molar-refractivity contribution in [3.05, 3.63) is 72.6 Å². The summed E-state index contributed by atoms with van der Waals surface area (Å²) in [6.07, 6.45) is 3.85. The van der Waals surface area contributed by atoms with Crippen LogP contribution in [0.15, 0.2) is 72.0 Å². The van der Waals surface area contributed by atoms with E-state index in [-0.39, 0.29) is 30.0 Å². The molecule has 0 fully saturated rings. The lowest BCUT2D eigenvalue weighted by Crippen LogP contribution is -2.27. The van der Waals surface area contributed by atoms with Gasteiger partial charge in [0.25, 0.3) is 0 Å². The Labute approximate surface area is 188 Å². The van der Waals surface area contributed by atoms with Gasteiger partial charge in [-0.15, -0.1) is 24.0 Å². The van der Waals surface area contributed by atoms with Gasteiger partial charge in [-0.2, -0.15) is 5.10 Å². The average molecular weight is 506 g/mol. The third kappa shape index (κ3) is 6.75. The molecule has 8 heteroatoms. The van der Waals surface area contributed by atoms with Crippen LogP contribution in [-0.4, -0.2) is 41.3 Å². The number of guanidine groups is 1. The normalized spacial score (nSPS) is 12.3. The summed E-state index contributed by atoms with van der Waals surface area (Å²) < 4.78 is 7.64. The van der Waals surface area contributed by atoms with Gasteiger partial charge in [-0.25, -0.2) is 0 Å². The fourth-order valence-corrected chi connectivity index (χ4v) is 2.81. The minimum absolute atomic E-state index is 0. The number of rotatable bonds is 7. The first kappa shape index (κ1) is 22.7. The fourth-order valence-electron chi connectivity index (χ4n) is 2.81. The first-order chi connectivity index (χ1) is 13.5. The molecule has 0 aliphatic rings. The highest BCUT2D eigenvalue weighted by atomic mass is 127. The Morgan fingerprint density at radius 1 is 1.17 bits per heavy atom. The van der Waals surface area contributed by atoms with Gasteiger partial charge in [-0.1, -0.05) is 24.3 Å². The molecule has 0 bridgehead atoms. The lowest BCUT2D eigenvalue weighted by molar-refractivity contribution is 0.306. The molecule has 0 saturated carbocycles. The van der Waals surface area contributed by atoms with Crippen molar-refractivity contribution in [1.82, 2.24) is 14.7 Å². The molecule has 0 spiro atoms. The summed E-state index contributed by atoms with van der Waals surface area (Å²) >= 11 is 0. The summed E-state index contributed by atoms with van der Waals surface area (Å²) in [5, 5.41) is 7.37. The molecule has 1 heterocycles. The molecule has 1 aromatic heterocycles. The summed E-state index contributed by atoms with van der Waals surface area (Å²) in [6.45, 7) is 0.526. The monoisotopic (exact) mass is 506 g/mol. The molecule has 3 N–H and O–H groups in total. The smallest absolute Gasteiger partial charge is 0.193 e. The zero-order valence-corrected chi connectivity index (χ0v) is 19.1. The molecular weight excluding hydrogens is 479 g/mol. The molecule has 2 aromatic carbocycles. The third-order valence-electron chi connectivity index (χ3n) is 4.25. The van der Waals surface area contributed by atoms with Crippen LogP contribution in [0.25, 0.3) is 0 Å². The maximum absolute atomic E-state index is 6.10. The highest BCUT2D eigenvalue weighted by Crippen LogP contribution is 2.24. The Hall–Kier alpha value is -2.59. The third-order valence-corrected chi connectivity index (χ3v) is 4.25. The van der Waals surface area contributed by atoms with Crippen molar-refractivity contribution in [2.24, 2.45) is 17.8 Å². The maximum Gasteiger partial charge on any atom is 0.193 e. The van der Waals surface area contributed by atoms with Gasteiger partial charge in [-0.05, 0) is 38.4 Å². The van der Waals surface area contributed by atoms with Crippen LogP contribution in [0.5, 0.6) is 11.5 Å². The topological polar surface area (TPSA) is 80.7 Å². The predicted octanol–water partition coefficient (Wildman–Crippen LogP) is 3.86. The van der Waals surface area contributed by atoms with E-state index in [1.807, 2.05) is 88.1 Å². The lowest BCUT2D eigenvalue weighted by atomic mass is 10.1. The number of likely N-dealkylation sites (N-methyl/N-ethyl adjacent to an activating group) is 1. The van der Waals surface area contributed by atoms with Crippen LogP contribution in [0.4, 0.5) is 5.69 Å². The first-order valence-corrected chi connectivity index (χ1v) is 9.06. The van der Waals surface area contributed by atoms with Crippen molar-refractivity contribution < 1.29 is 4.74 Å². The van der Waals surface area contributed by atoms with Crippen LogP contribution >= 0.6 is 24.0 Å². The summed E-state index contributed by atoms with van der Waals surface area (Å²) in [7, 11) is 5.93. The Morgan fingerprint density at radius 2 is 1.90 bits per heavy atom. The van der Waals surface area contributed by atoms with Crippen molar-refractivity contribution in [1.29, 1.82) is 0 Å². The van der Waals surface area contributed by atoms with Gasteiger partial charge >= 0.3 is 0 Å². The second-order valence-electron chi connectivity index (χ2n) is 6.72. The number of hydrogen-bond donors (Lipinski definition) is 2. The number of aromatic nitrogens is 2. The van der Waals surface area contributed by atoms with Gasteiger partial charge in [0, 0.05) is 30.6 Å². The van der Waals surface area contributed by atoms with E-state index >= 15 is 0 Å². The number of halogens is 1. The fraction of sp³-hybridized carbons (Fsp3) is 0.238. The molecule has 1 unspecified atom stereocenters. The van der Waals surface area contributed by atoms with Crippen molar-refractivity contribution in [2.75, 3.05) is 26.0 Å². The number of para-hydroxylation sites is 1. The van der Waals surface area contributed by atoms with E-state index in [1.165, 1.54) is 0 Å². The highest BCUT2D eigenvalue weighted by Gasteiger charge is 2.15. The summed E-state index contributed by atoms with van der Waals surface area (Å²) in [5.41, 5.74) is 8.02. The number of aryl methyl sites for hydroxylation is 1. The number of ether oxygens (including phenoxy) is 1. The van der Waals surface area contributed by atoms with E-state index < -0.39 is 0 Å². The number of nitrogens with zero attached hydrogens (tertiary/aromatic N) is 4. The van der Waals surface area contributed by atoms with E-state index in [4.69, 9.17) is 10.5 Å². The van der Waals surface area contributed by atoms with E-state index in [9.17, 15) is 0 Å². The molecule has 0 radical (unpaired) electrons. The van der Waals surface area contributed by atoms with Gasteiger partial charge in [0.05, 0.1) is 18.8 Å². The Morgan fingerprint density at radius 3 is 2.55 bits per heavy atom. The van der Waals surface area contributed by atoms with E-state index in [2.05, 4.69) is 20.3 Å². The summed E-state index contributed by atoms with van der Waals surface area (Å²) in [5.74, 6) is 1.87.